The summed E-state index contributed by atoms with van der Waals surface area (Å²) in [5.41, 5.74) is 0.266. The molecule has 0 saturated carbocycles. The molecule has 0 rings (SSSR count). The first-order chi connectivity index (χ1) is 13.1. The summed E-state index contributed by atoms with van der Waals surface area (Å²) < 4.78 is 18.4. The lowest BCUT2D eigenvalue weighted by Crippen LogP contribution is -2.47. The van der Waals surface area contributed by atoms with Crippen LogP contribution in [0.1, 0.15) is 46.5 Å². The van der Waals surface area contributed by atoms with Gasteiger partial charge in [0.05, 0.1) is 0 Å². The van der Waals surface area contributed by atoms with E-state index in [1.54, 1.807) is 0 Å². The van der Waals surface area contributed by atoms with E-state index in [9.17, 15) is 0 Å². The molecular weight excluding hydrogens is 370 g/mol. The fourth-order valence-electron chi connectivity index (χ4n) is 3.55. The number of hydrogen-bond acceptors (Lipinski definition) is 6. The number of rotatable bonds is 18. The van der Waals surface area contributed by atoms with Gasteiger partial charge in [-0.15, -0.1) is 0 Å². The summed E-state index contributed by atoms with van der Waals surface area (Å²) in [6, 6.07) is 0.900. The summed E-state index contributed by atoms with van der Waals surface area (Å²) in [7, 11) is 10.4. The Balaban J connectivity index is 5.53. The second kappa shape index (κ2) is 14.9. The molecule has 0 aromatic rings. The highest BCUT2D eigenvalue weighted by Crippen LogP contribution is 2.39. The topological polar surface area (TPSA) is 37.4 Å². The van der Waals surface area contributed by atoms with Crippen LogP contribution < -0.4 is 0 Å². The summed E-state index contributed by atoms with van der Waals surface area (Å²) >= 11 is 0. The number of nitrogens with zero attached hydrogens (tertiary/aromatic N) is 3. The molecule has 0 bridgehead atoms. The van der Waals surface area contributed by atoms with Gasteiger partial charge in [-0.2, -0.15) is 0 Å². The summed E-state index contributed by atoms with van der Waals surface area (Å²) in [5, 5.41) is 0. The van der Waals surface area contributed by atoms with Crippen molar-refractivity contribution < 1.29 is 13.3 Å². The molecular formula is C21H49N3O3Si. The molecule has 0 aromatic carbocycles. The highest BCUT2D eigenvalue weighted by molar-refractivity contribution is 6.60. The second-order valence-corrected chi connectivity index (χ2v) is 11.4. The maximum absolute atomic E-state index is 6.15. The predicted molar refractivity (Wildman–Crippen MR) is 122 cm³/mol. The van der Waals surface area contributed by atoms with E-state index in [0.29, 0.717) is 19.8 Å². The van der Waals surface area contributed by atoms with Crippen molar-refractivity contribution in [3.8, 4) is 0 Å². The molecule has 7 heteroatoms. The zero-order valence-electron chi connectivity index (χ0n) is 20.3. The second-order valence-electron chi connectivity index (χ2n) is 8.64. The van der Waals surface area contributed by atoms with Crippen molar-refractivity contribution in [3.63, 3.8) is 0 Å². The first-order valence-electron chi connectivity index (χ1n) is 11.0. The molecule has 170 valence electrons. The van der Waals surface area contributed by atoms with Gasteiger partial charge >= 0.3 is 8.80 Å². The maximum atomic E-state index is 6.15. The van der Waals surface area contributed by atoms with Crippen LogP contribution in [0.5, 0.6) is 0 Å². The molecule has 0 radical (unpaired) electrons. The molecule has 0 aliphatic heterocycles. The van der Waals surface area contributed by atoms with Crippen LogP contribution >= 0.6 is 0 Å². The fourth-order valence-corrected chi connectivity index (χ4v) is 6.39. The first-order valence-corrected chi connectivity index (χ1v) is 12.9. The Labute approximate surface area is 176 Å². The van der Waals surface area contributed by atoms with Gasteiger partial charge in [-0.05, 0) is 114 Å². The van der Waals surface area contributed by atoms with E-state index >= 15 is 0 Å². The normalized spacial score (nSPS) is 13.3. The van der Waals surface area contributed by atoms with Crippen LogP contribution in [-0.4, -0.2) is 105 Å². The lowest BCUT2D eigenvalue weighted by molar-refractivity contribution is 0.0624. The fraction of sp³-hybridized carbons (Fsp3) is 1.00. The average Bonchev–Trinajstić information content (AvgIpc) is 2.61. The molecule has 0 aliphatic carbocycles. The van der Waals surface area contributed by atoms with Crippen molar-refractivity contribution in [1.82, 2.24) is 14.7 Å². The molecule has 0 saturated heterocycles. The van der Waals surface area contributed by atoms with Gasteiger partial charge in [0.15, 0.2) is 0 Å². The molecule has 0 aromatic heterocycles. The molecule has 0 unspecified atom stereocenters. The van der Waals surface area contributed by atoms with Crippen molar-refractivity contribution in [3.05, 3.63) is 0 Å². The Morgan fingerprint density at radius 3 is 1.14 bits per heavy atom. The Morgan fingerprint density at radius 1 is 0.571 bits per heavy atom. The monoisotopic (exact) mass is 419 g/mol. The minimum absolute atomic E-state index is 0.266. The van der Waals surface area contributed by atoms with Crippen LogP contribution in [0.4, 0.5) is 0 Å². The van der Waals surface area contributed by atoms with Crippen molar-refractivity contribution in [2.24, 2.45) is 5.41 Å². The molecule has 0 amide bonds. The average molecular weight is 420 g/mol. The van der Waals surface area contributed by atoms with Gasteiger partial charge in [0.2, 0.25) is 0 Å². The summed E-state index contributed by atoms with van der Waals surface area (Å²) in [5.74, 6) is 0. The third-order valence-electron chi connectivity index (χ3n) is 5.32. The van der Waals surface area contributed by atoms with Crippen LogP contribution in [-0.2, 0) is 13.3 Å². The molecule has 6 nitrogen and oxygen atoms in total. The van der Waals surface area contributed by atoms with E-state index in [4.69, 9.17) is 13.3 Å². The molecule has 0 spiro atoms. The Hall–Kier alpha value is -0.0231. The Kier molecular flexibility index (Phi) is 14.9. The van der Waals surface area contributed by atoms with Gasteiger partial charge < -0.3 is 28.0 Å². The van der Waals surface area contributed by atoms with E-state index in [2.05, 4.69) is 57.0 Å². The summed E-state index contributed by atoms with van der Waals surface area (Å²) in [6.45, 7) is 11.4. The molecule has 0 heterocycles. The van der Waals surface area contributed by atoms with E-state index in [-0.39, 0.29) is 5.41 Å². The van der Waals surface area contributed by atoms with Gasteiger partial charge in [-0.1, -0.05) is 0 Å². The standard InChI is InChI=1S/C21H49N3O3Si/c1-10-25-28(26-11-2,27-12-3)20-16-21(13-17-22(4)5,14-18-23(6)7)15-19-24(8)9/h10-20H2,1-9H3. The van der Waals surface area contributed by atoms with Gasteiger partial charge in [0, 0.05) is 25.9 Å². The van der Waals surface area contributed by atoms with E-state index in [1.807, 2.05) is 20.8 Å². The third-order valence-corrected chi connectivity index (χ3v) is 8.37. The molecule has 0 fully saturated rings. The van der Waals surface area contributed by atoms with Gasteiger partial charge in [0.1, 0.15) is 0 Å². The Bertz CT molecular complexity index is 334. The minimum Gasteiger partial charge on any atom is -0.374 e. The quantitative estimate of drug-likeness (QED) is 0.317. The lowest BCUT2D eigenvalue weighted by Gasteiger charge is -2.39. The zero-order valence-corrected chi connectivity index (χ0v) is 21.3. The SMILES string of the molecule is CCO[Si](CCC(CCN(C)C)(CCN(C)C)CCN(C)C)(OCC)OCC. The van der Waals surface area contributed by atoms with Gasteiger partial charge in [-0.3, -0.25) is 0 Å². The van der Waals surface area contributed by atoms with Crippen molar-refractivity contribution in [2.75, 3.05) is 81.7 Å². The zero-order chi connectivity index (χ0) is 21.6. The lowest BCUT2D eigenvalue weighted by atomic mass is 9.75. The van der Waals surface area contributed by atoms with Crippen LogP contribution in [0.25, 0.3) is 0 Å². The minimum atomic E-state index is -2.61. The van der Waals surface area contributed by atoms with E-state index in [0.717, 1.165) is 32.1 Å². The summed E-state index contributed by atoms with van der Waals surface area (Å²) in [6.07, 6.45) is 4.67. The van der Waals surface area contributed by atoms with Crippen LogP contribution in [0.3, 0.4) is 0 Å². The van der Waals surface area contributed by atoms with E-state index in [1.165, 1.54) is 19.3 Å². The molecule has 0 atom stereocenters. The predicted octanol–water partition coefficient (Wildman–Crippen LogP) is 3.27. The first kappa shape index (κ1) is 28.0. The van der Waals surface area contributed by atoms with Crippen LogP contribution in [0.2, 0.25) is 6.04 Å². The summed E-state index contributed by atoms with van der Waals surface area (Å²) in [4.78, 5) is 6.91. The smallest absolute Gasteiger partial charge is 0.374 e. The Morgan fingerprint density at radius 2 is 0.893 bits per heavy atom. The highest BCUT2D eigenvalue weighted by atomic mass is 28.4. The van der Waals surface area contributed by atoms with E-state index < -0.39 is 8.80 Å². The van der Waals surface area contributed by atoms with Crippen LogP contribution in [0, 0.1) is 5.41 Å². The third kappa shape index (κ3) is 11.9. The molecule has 0 N–H and O–H groups in total. The highest BCUT2D eigenvalue weighted by Gasteiger charge is 2.43. The van der Waals surface area contributed by atoms with Crippen molar-refractivity contribution >= 4 is 8.80 Å². The molecule has 0 aliphatic rings. The van der Waals surface area contributed by atoms with Crippen molar-refractivity contribution in [2.45, 2.75) is 52.5 Å². The maximum Gasteiger partial charge on any atom is 0.500 e. The van der Waals surface area contributed by atoms with Gasteiger partial charge in [0.25, 0.3) is 0 Å². The largest absolute Gasteiger partial charge is 0.500 e. The van der Waals surface area contributed by atoms with Crippen LogP contribution in [0.15, 0.2) is 0 Å². The molecule has 28 heavy (non-hydrogen) atoms. The van der Waals surface area contributed by atoms with Gasteiger partial charge in [-0.25, -0.2) is 0 Å². The number of hydrogen-bond donors (Lipinski definition) is 0. The van der Waals surface area contributed by atoms with Crippen molar-refractivity contribution in [1.29, 1.82) is 0 Å².